The molecule has 0 aliphatic rings. The lowest BCUT2D eigenvalue weighted by Crippen LogP contribution is -2.45. The Morgan fingerprint density at radius 2 is 1.97 bits per heavy atom. The van der Waals surface area contributed by atoms with Crippen LogP contribution in [0.5, 0.6) is 0 Å². The average Bonchev–Trinajstić information content (AvgIpc) is 3.20. The molecule has 0 radical (unpaired) electrons. The van der Waals surface area contributed by atoms with Crippen LogP contribution in [0.1, 0.15) is 30.0 Å². The van der Waals surface area contributed by atoms with Crippen molar-refractivity contribution < 1.29 is 28.5 Å². The summed E-state index contributed by atoms with van der Waals surface area (Å²) in [5.74, 6) is -2.20. The molecule has 10 heteroatoms. The fraction of sp³-hybridized carbons (Fsp3) is 0.316. The summed E-state index contributed by atoms with van der Waals surface area (Å²) in [7, 11) is 0. The van der Waals surface area contributed by atoms with E-state index in [0.29, 0.717) is 11.3 Å². The number of nitro benzene ring substituents is 1. The van der Waals surface area contributed by atoms with Crippen molar-refractivity contribution in [3.8, 4) is 0 Å². The van der Waals surface area contributed by atoms with Crippen LogP contribution < -0.4 is 10.6 Å². The number of ether oxygens (including phenoxy) is 1. The molecule has 1 atom stereocenters. The highest BCUT2D eigenvalue weighted by molar-refractivity contribution is 5.96. The maximum absolute atomic E-state index is 12.3. The standard InChI is InChI=1S/C19H21N3O7/c1-11(2)17(21-18(24)15-5-4-8-28-15)19(25)29-10-16(23)20-14-7-6-13(22(26)27)9-12(14)3/h4-9,11,17H,10H2,1-3H3,(H,20,23)(H,21,24)/t17-/m0/s1. The number of hydrogen-bond donors (Lipinski definition) is 2. The number of nitrogens with zero attached hydrogens (tertiary/aromatic N) is 1. The van der Waals surface area contributed by atoms with Crippen molar-refractivity contribution in [2.24, 2.45) is 5.92 Å². The number of furan rings is 1. The topological polar surface area (TPSA) is 141 Å². The number of nitro groups is 1. The number of rotatable bonds is 8. The number of esters is 1. The first-order chi connectivity index (χ1) is 13.7. The van der Waals surface area contributed by atoms with E-state index in [1.807, 2.05) is 0 Å². The number of non-ortho nitro benzene ring substituents is 1. The minimum absolute atomic E-state index is 0.0508. The lowest BCUT2D eigenvalue weighted by atomic mass is 10.0. The summed E-state index contributed by atoms with van der Waals surface area (Å²) in [5.41, 5.74) is 0.756. The Kier molecular flexibility index (Phi) is 7.07. The number of hydrogen-bond acceptors (Lipinski definition) is 7. The zero-order valence-corrected chi connectivity index (χ0v) is 16.1. The van der Waals surface area contributed by atoms with Crippen molar-refractivity contribution in [3.63, 3.8) is 0 Å². The number of amides is 2. The number of benzene rings is 1. The molecule has 1 aromatic heterocycles. The van der Waals surface area contributed by atoms with Crippen LogP contribution in [0.15, 0.2) is 41.0 Å². The largest absolute Gasteiger partial charge is 0.459 e. The summed E-state index contributed by atoms with van der Waals surface area (Å²) in [4.78, 5) is 46.7. The Labute approximate surface area is 166 Å². The highest BCUT2D eigenvalue weighted by atomic mass is 16.6. The molecule has 1 heterocycles. The quantitative estimate of drug-likeness (QED) is 0.392. The van der Waals surface area contributed by atoms with Gasteiger partial charge in [-0.1, -0.05) is 13.8 Å². The fourth-order valence-electron chi connectivity index (χ4n) is 2.43. The highest BCUT2D eigenvalue weighted by Crippen LogP contribution is 2.21. The molecule has 10 nitrogen and oxygen atoms in total. The van der Waals surface area contributed by atoms with Gasteiger partial charge in [0.2, 0.25) is 0 Å². The van der Waals surface area contributed by atoms with Gasteiger partial charge in [-0.3, -0.25) is 19.7 Å². The third kappa shape index (κ3) is 5.89. The number of carbonyl (C=O) groups is 3. The van der Waals surface area contributed by atoms with Gasteiger partial charge in [-0.05, 0) is 36.6 Å². The fourth-order valence-corrected chi connectivity index (χ4v) is 2.43. The average molecular weight is 403 g/mol. The van der Waals surface area contributed by atoms with Crippen LogP contribution in [-0.4, -0.2) is 35.4 Å². The molecule has 0 saturated heterocycles. The monoisotopic (exact) mass is 403 g/mol. The number of aryl methyl sites for hydroxylation is 1. The van der Waals surface area contributed by atoms with Gasteiger partial charge in [0.25, 0.3) is 17.5 Å². The van der Waals surface area contributed by atoms with Gasteiger partial charge in [0.15, 0.2) is 12.4 Å². The molecule has 154 valence electrons. The highest BCUT2D eigenvalue weighted by Gasteiger charge is 2.27. The predicted octanol–water partition coefficient (Wildman–Crippen LogP) is 2.43. The summed E-state index contributed by atoms with van der Waals surface area (Å²) in [6.45, 7) is 4.46. The Morgan fingerprint density at radius 3 is 2.52 bits per heavy atom. The molecule has 2 amide bonds. The van der Waals surface area contributed by atoms with Gasteiger partial charge in [-0.2, -0.15) is 0 Å². The minimum atomic E-state index is -0.971. The molecule has 0 bridgehead atoms. The summed E-state index contributed by atoms with van der Waals surface area (Å²) < 4.78 is 10.00. The van der Waals surface area contributed by atoms with Crippen molar-refractivity contribution in [3.05, 3.63) is 58.0 Å². The van der Waals surface area contributed by atoms with Gasteiger partial charge < -0.3 is 19.8 Å². The Bertz CT molecular complexity index is 907. The number of nitrogens with one attached hydrogen (secondary N) is 2. The van der Waals surface area contributed by atoms with E-state index < -0.39 is 35.4 Å². The molecule has 0 aliphatic carbocycles. The van der Waals surface area contributed by atoms with Crippen LogP contribution in [0, 0.1) is 23.0 Å². The Balaban J connectivity index is 1.92. The van der Waals surface area contributed by atoms with Crippen LogP contribution in [0.4, 0.5) is 11.4 Å². The maximum atomic E-state index is 12.3. The van der Waals surface area contributed by atoms with Gasteiger partial charge in [-0.15, -0.1) is 0 Å². The molecule has 1 aromatic carbocycles. The zero-order valence-electron chi connectivity index (χ0n) is 16.1. The second kappa shape index (κ2) is 9.49. The number of anilines is 1. The Hall–Kier alpha value is -3.69. The molecular weight excluding hydrogens is 382 g/mol. The van der Waals surface area contributed by atoms with Gasteiger partial charge in [0, 0.05) is 17.8 Å². The summed E-state index contributed by atoms with van der Waals surface area (Å²) >= 11 is 0. The second-order valence-corrected chi connectivity index (χ2v) is 6.58. The van der Waals surface area contributed by atoms with Crippen molar-refractivity contribution >= 4 is 29.2 Å². The van der Waals surface area contributed by atoms with Gasteiger partial charge in [-0.25, -0.2) is 4.79 Å². The van der Waals surface area contributed by atoms with Crippen LogP contribution in [-0.2, 0) is 14.3 Å². The van der Waals surface area contributed by atoms with E-state index in [1.165, 1.54) is 30.5 Å². The van der Waals surface area contributed by atoms with Crippen molar-refractivity contribution in [2.45, 2.75) is 26.8 Å². The van der Waals surface area contributed by atoms with E-state index in [-0.39, 0.29) is 17.4 Å². The number of carbonyl (C=O) groups excluding carboxylic acids is 3. The maximum Gasteiger partial charge on any atom is 0.329 e. The second-order valence-electron chi connectivity index (χ2n) is 6.58. The van der Waals surface area contributed by atoms with E-state index in [4.69, 9.17) is 9.15 Å². The molecule has 0 saturated carbocycles. The molecule has 0 aliphatic heterocycles. The van der Waals surface area contributed by atoms with Gasteiger partial charge >= 0.3 is 5.97 Å². The molecule has 2 aromatic rings. The third-order valence-corrected chi connectivity index (χ3v) is 3.99. The molecule has 2 rings (SSSR count). The van der Waals surface area contributed by atoms with E-state index in [9.17, 15) is 24.5 Å². The molecular formula is C19H21N3O7. The van der Waals surface area contributed by atoms with Gasteiger partial charge in [0.05, 0.1) is 11.2 Å². The van der Waals surface area contributed by atoms with Crippen molar-refractivity contribution in [1.29, 1.82) is 0 Å². The first kappa shape index (κ1) is 21.6. The zero-order chi connectivity index (χ0) is 21.6. The molecule has 2 N–H and O–H groups in total. The SMILES string of the molecule is Cc1cc([N+](=O)[O-])ccc1NC(=O)COC(=O)[C@@H](NC(=O)c1ccco1)C(C)C. The summed E-state index contributed by atoms with van der Waals surface area (Å²) in [5, 5.41) is 15.8. The van der Waals surface area contributed by atoms with E-state index >= 15 is 0 Å². The van der Waals surface area contributed by atoms with Gasteiger partial charge in [0.1, 0.15) is 6.04 Å². The molecule has 0 spiro atoms. The molecule has 0 unspecified atom stereocenters. The normalized spacial score (nSPS) is 11.6. The van der Waals surface area contributed by atoms with Crippen molar-refractivity contribution in [1.82, 2.24) is 5.32 Å². The molecule has 29 heavy (non-hydrogen) atoms. The lowest BCUT2D eigenvalue weighted by molar-refractivity contribution is -0.384. The van der Waals surface area contributed by atoms with Crippen LogP contribution in [0.25, 0.3) is 0 Å². The first-order valence-corrected chi connectivity index (χ1v) is 8.75. The van der Waals surface area contributed by atoms with Crippen LogP contribution >= 0.6 is 0 Å². The summed E-state index contributed by atoms with van der Waals surface area (Å²) in [6, 6.07) is 6.00. The van der Waals surface area contributed by atoms with Crippen LogP contribution in [0.3, 0.4) is 0 Å². The smallest absolute Gasteiger partial charge is 0.329 e. The van der Waals surface area contributed by atoms with E-state index in [1.54, 1.807) is 26.8 Å². The minimum Gasteiger partial charge on any atom is -0.459 e. The van der Waals surface area contributed by atoms with E-state index in [0.717, 1.165) is 0 Å². The third-order valence-electron chi connectivity index (χ3n) is 3.99. The van der Waals surface area contributed by atoms with Crippen LogP contribution in [0.2, 0.25) is 0 Å². The lowest BCUT2D eigenvalue weighted by Gasteiger charge is -2.20. The molecule has 0 fully saturated rings. The van der Waals surface area contributed by atoms with E-state index in [2.05, 4.69) is 10.6 Å². The predicted molar refractivity (Wildman–Crippen MR) is 102 cm³/mol. The van der Waals surface area contributed by atoms with Crippen molar-refractivity contribution in [2.75, 3.05) is 11.9 Å². The summed E-state index contributed by atoms with van der Waals surface area (Å²) in [6.07, 6.45) is 1.34. The first-order valence-electron chi connectivity index (χ1n) is 8.75. The Morgan fingerprint density at radius 1 is 1.24 bits per heavy atom.